The van der Waals surface area contributed by atoms with Crippen LogP contribution in [-0.4, -0.2) is 36.9 Å². The summed E-state index contributed by atoms with van der Waals surface area (Å²) in [4.78, 5) is 11.0. The van der Waals surface area contributed by atoms with Gasteiger partial charge in [-0.25, -0.2) is 12.7 Å². The fourth-order valence-electron chi connectivity index (χ4n) is 2.33. The van der Waals surface area contributed by atoms with Gasteiger partial charge in [-0.2, -0.15) is 0 Å². The SMILES string of the molecule is O=C(O)C1CCCN(S(=O)(=O)Cc2cccc(Cl)c2)C1. The van der Waals surface area contributed by atoms with E-state index < -0.39 is 21.9 Å². The van der Waals surface area contributed by atoms with E-state index in [2.05, 4.69) is 0 Å². The highest BCUT2D eigenvalue weighted by Gasteiger charge is 2.32. The van der Waals surface area contributed by atoms with Gasteiger partial charge in [-0.3, -0.25) is 4.79 Å². The Morgan fingerprint density at radius 1 is 1.45 bits per heavy atom. The smallest absolute Gasteiger partial charge is 0.307 e. The topological polar surface area (TPSA) is 74.7 Å². The van der Waals surface area contributed by atoms with Crippen molar-refractivity contribution in [2.75, 3.05) is 13.1 Å². The predicted molar refractivity (Wildman–Crippen MR) is 76.0 cm³/mol. The Kier molecular flexibility index (Phi) is 4.67. The van der Waals surface area contributed by atoms with Gasteiger partial charge < -0.3 is 5.11 Å². The van der Waals surface area contributed by atoms with Crippen molar-refractivity contribution >= 4 is 27.6 Å². The van der Waals surface area contributed by atoms with Crippen LogP contribution in [0.2, 0.25) is 5.02 Å². The summed E-state index contributed by atoms with van der Waals surface area (Å²) in [7, 11) is -3.51. The summed E-state index contributed by atoms with van der Waals surface area (Å²) in [6, 6.07) is 6.68. The lowest BCUT2D eigenvalue weighted by atomic mass is 10.0. The van der Waals surface area contributed by atoms with E-state index in [1.54, 1.807) is 24.3 Å². The van der Waals surface area contributed by atoms with Crippen LogP contribution in [0.1, 0.15) is 18.4 Å². The summed E-state index contributed by atoms with van der Waals surface area (Å²) in [5.74, 6) is -1.70. The maximum atomic E-state index is 12.3. The number of benzene rings is 1. The standard InChI is InChI=1S/C13H16ClNO4S/c14-12-5-1-3-10(7-12)9-20(18,19)15-6-2-4-11(8-15)13(16)17/h1,3,5,7,11H,2,4,6,8-9H2,(H,16,17). The van der Waals surface area contributed by atoms with Crippen LogP contribution in [-0.2, 0) is 20.6 Å². The van der Waals surface area contributed by atoms with Crippen molar-refractivity contribution in [3.63, 3.8) is 0 Å². The lowest BCUT2D eigenvalue weighted by Gasteiger charge is -2.29. The van der Waals surface area contributed by atoms with Gasteiger partial charge in [0.25, 0.3) is 0 Å². The number of sulfonamides is 1. The fourth-order valence-corrected chi connectivity index (χ4v) is 4.14. The van der Waals surface area contributed by atoms with Crippen LogP contribution in [0.15, 0.2) is 24.3 Å². The predicted octanol–water partition coefficient (Wildman–Crippen LogP) is 1.97. The summed E-state index contributed by atoms with van der Waals surface area (Å²) in [5.41, 5.74) is 0.606. The van der Waals surface area contributed by atoms with E-state index in [4.69, 9.17) is 16.7 Å². The van der Waals surface area contributed by atoms with Crippen molar-refractivity contribution in [3.05, 3.63) is 34.9 Å². The number of piperidine rings is 1. The van der Waals surface area contributed by atoms with Crippen LogP contribution in [0.3, 0.4) is 0 Å². The van der Waals surface area contributed by atoms with E-state index >= 15 is 0 Å². The Hall–Kier alpha value is -1.11. The number of aliphatic carboxylic acids is 1. The molecule has 1 atom stereocenters. The molecule has 0 amide bonds. The first kappa shape index (κ1) is 15.3. The molecule has 1 aliphatic rings. The number of halogens is 1. The van der Waals surface area contributed by atoms with Gasteiger partial charge in [0.05, 0.1) is 11.7 Å². The Labute approximate surface area is 123 Å². The van der Waals surface area contributed by atoms with Gasteiger partial charge in [0, 0.05) is 18.1 Å². The molecule has 1 fully saturated rings. The molecular formula is C13H16ClNO4S. The summed E-state index contributed by atoms with van der Waals surface area (Å²) in [6.07, 6.45) is 1.10. The minimum atomic E-state index is -3.51. The van der Waals surface area contributed by atoms with Gasteiger partial charge in [-0.1, -0.05) is 23.7 Å². The largest absolute Gasteiger partial charge is 0.481 e. The number of hydrogen-bond donors (Lipinski definition) is 1. The summed E-state index contributed by atoms with van der Waals surface area (Å²) in [6.45, 7) is 0.435. The molecule has 0 saturated carbocycles. The van der Waals surface area contributed by atoms with Gasteiger partial charge in [0.2, 0.25) is 10.0 Å². The second-order valence-electron chi connectivity index (χ2n) is 4.92. The van der Waals surface area contributed by atoms with Crippen molar-refractivity contribution in [2.24, 2.45) is 5.92 Å². The molecule has 110 valence electrons. The molecule has 7 heteroatoms. The molecule has 1 aliphatic heterocycles. The van der Waals surface area contributed by atoms with Gasteiger partial charge in [-0.15, -0.1) is 0 Å². The van der Waals surface area contributed by atoms with Crippen LogP contribution >= 0.6 is 11.6 Å². The minimum absolute atomic E-state index is 0.0538. The van der Waals surface area contributed by atoms with Crippen LogP contribution in [0, 0.1) is 5.92 Å². The quantitative estimate of drug-likeness (QED) is 0.921. The maximum absolute atomic E-state index is 12.3. The second kappa shape index (κ2) is 6.11. The normalized spacial score (nSPS) is 20.8. The van der Waals surface area contributed by atoms with E-state index in [0.29, 0.717) is 30.0 Å². The molecule has 2 rings (SSSR count). The van der Waals surface area contributed by atoms with Gasteiger partial charge in [0.1, 0.15) is 0 Å². The highest BCUT2D eigenvalue weighted by atomic mass is 35.5. The molecule has 1 N–H and O–H groups in total. The summed E-state index contributed by atoms with van der Waals surface area (Å²) in [5, 5.41) is 9.49. The highest BCUT2D eigenvalue weighted by molar-refractivity contribution is 7.88. The molecule has 0 aliphatic carbocycles. The number of carboxylic acid groups (broad SMARTS) is 1. The third-order valence-electron chi connectivity index (χ3n) is 3.36. The first-order chi connectivity index (χ1) is 9.38. The molecule has 0 radical (unpaired) electrons. The van der Waals surface area contributed by atoms with E-state index in [-0.39, 0.29) is 12.3 Å². The molecule has 0 bridgehead atoms. The maximum Gasteiger partial charge on any atom is 0.307 e. The average molecular weight is 318 g/mol. The molecule has 1 heterocycles. The lowest BCUT2D eigenvalue weighted by molar-refractivity contribution is -0.142. The Morgan fingerprint density at radius 3 is 2.85 bits per heavy atom. The van der Waals surface area contributed by atoms with Crippen molar-refractivity contribution < 1.29 is 18.3 Å². The minimum Gasteiger partial charge on any atom is -0.481 e. The van der Waals surface area contributed by atoms with Crippen LogP contribution in [0.5, 0.6) is 0 Å². The summed E-state index contributed by atoms with van der Waals surface area (Å²) < 4.78 is 25.9. The van der Waals surface area contributed by atoms with Crippen molar-refractivity contribution in [1.82, 2.24) is 4.31 Å². The third kappa shape index (κ3) is 3.71. The van der Waals surface area contributed by atoms with Gasteiger partial charge in [0.15, 0.2) is 0 Å². The van der Waals surface area contributed by atoms with Crippen LogP contribution in [0.4, 0.5) is 0 Å². The summed E-state index contributed by atoms with van der Waals surface area (Å²) >= 11 is 5.84. The van der Waals surface area contributed by atoms with Crippen molar-refractivity contribution in [2.45, 2.75) is 18.6 Å². The first-order valence-electron chi connectivity index (χ1n) is 6.33. The monoisotopic (exact) mass is 317 g/mol. The molecule has 20 heavy (non-hydrogen) atoms. The zero-order valence-corrected chi connectivity index (χ0v) is 12.4. The van der Waals surface area contributed by atoms with Crippen molar-refractivity contribution in [1.29, 1.82) is 0 Å². The van der Waals surface area contributed by atoms with E-state index in [9.17, 15) is 13.2 Å². The molecule has 0 spiro atoms. The molecule has 1 aromatic rings. The van der Waals surface area contributed by atoms with Crippen LogP contribution in [0.25, 0.3) is 0 Å². The highest BCUT2D eigenvalue weighted by Crippen LogP contribution is 2.22. The first-order valence-corrected chi connectivity index (χ1v) is 8.32. The number of nitrogens with zero attached hydrogens (tertiary/aromatic N) is 1. The third-order valence-corrected chi connectivity index (χ3v) is 5.42. The van der Waals surface area contributed by atoms with E-state index in [1.807, 2.05) is 0 Å². The fraction of sp³-hybridized carbons (Fsp3) is 0.462. The zero-order chi connectivity index (χ0) is 14.8. The average Bonchev–Trinajstić information content (AvgIpc) is 2.38. The van der Waals surface area contributed by atoms with Crippen molar-refractivity contribution in [3.8, 4) is 0 Å². The Morgan fingerprint density at radius 2 is 2.20 bits per heavy atom. The zero-order valence-electron chi connectivity index (χ0n) is 10.8. The number of hydrogen-bond acceptors (Lipinski definition) is 3. The molecule has 5 nitrogen and oxygen atoms in total. The molecule has 0 aromatic heterocycles. The molecule has 1 unspecified atom stereocenters. The molecule has 1 aromatic carbocycles. The number of rotatable bonds is 4. The lowest BCUT2D eigenvalue weighted by Crippen LogP contribution is -2.42. The molecule has 1 saturated heterocycles. The van der Waals surface area contributed by atoms with Gasteiger partial charge >= 0.3 is 5.97 Å². The molecular weight excluding hydrogens is 302 g/mol. The second-order valence-corrected chi connectivity index (χ2v) is 7.33. The van der Waals surface area contributed by atoms with Gasteiger partial charge in [-0.05, 0) is 30.5 Å². The number of carboxylic acids is 1. The van der Waals surface area contributed by atoms with E-state index in [0.717, 1.165) is 0 Å². The Balaban J connectivity index is 2.12. The van der Waals surface area contributed by atoms with Crippen LogP contribution < -0.4 is 0 Å². The van der Waals surface area contributed by atoms with E-state index in [1.165, 1.54) is 4.31 Å². The Bertz CT molecular complexity index is 602. The number of carbonyl (C=O) groups is 1.